The molecule has 78 valence electrons. The summed E-state index contributed by atoms with van der Waals surface area (Å²) in [6, 6.07) is 4.01. The van der Waals surface area contributed by atoms with E-state index in [1.165, 1.54) is 18.2 Å². The van der Waals surface area contributed by atoms with Gasteiger partial charge in [-0.15, -0.1) is 0 Å². The number of nitriles is 1. The van der Waals surface area contributed by atoms with E-state index in [1.54, 1.807) is 0 Å². The van der Waals surface area contributed by atoms with Crippen LogP contribution in [0.1, 0.15) is 30.0 Å². The van der Waals surface area contributed by atoms with Crippen molar-refractivity contribution >= 4 is 0 Å². The number of hydrogen-bond acceptors (Lipinski definition) is 2. The molecule has 0 amide bonds. The summed E-state index contributed by atoms with van der Waals surface area (Å²) < 4.78 is 26.5. The van der Waals surface area contributed by atoms with Crippen molar-refractivity contribution in [3.63, 3.8) is 0 Å². The monoisotopic (exact) mass is 208 g/mol. The highest BCUT2D eigenvalue weighted by molar-refractivity contribution is 5.36. The molecule has 1 atom stereocenters. The van der Waals surface area contributed by atoms with Crippen molar-refractivity contribution in [2.24, 2.45) is 0 Å². The summed E-state index contributed by atoms with van der Waals surface area (Å²) in [5, 5.41) is 11.7. The van der Waals surface area contributed by atoms with Gasteiger partial charge in [0.2, 0.25) is 0 Å². The molecule has 0 saturated carbocycles. The lowest BCUT2D eigenvalue weighted by Crippen LogP contribution is -2.13. The third-order valence-corrected chi connectivity index (χ3v) is 2.64. The fourth-order valence-electron chi connectivity index (χ4n) is 1.87. The van der Waals surface area contributed by atoms with Gasteiger partial charge in [-0.05, 0) is 37.1 Å². The van der Waals surface area contributed by atoms with Gasteiger partial charge in [-0.25, -0.2) is 8.78 Å². The van der Waals surface area contributed by atoms with Crippen molar-refractivity contribution < 1.29 is 8.78 Å². The smallest absolute Gasteiger partial charge is 0.144 e. The molecule has 1 N–H and O–H groups in total. The van der Waals surface area contributed by atoms with Gasteiger partial charge < -0.3 is 5.32 Å². The third-order valence-electron chi connectivity index (χ3n) is 2.64. The largest absolute Gasteiger partial charge is 0.310 e. The van der Waals surface area contributed by atoms with Crippen molar-refractivity contribution in [3.8, 4) is 6.07 Å². The Hall–Kier alpha value is -1.47. The molecule has 2 rings (SSSR count). The predicted octanol–water partition coefficient (Wildman–Crippen LogP) is 2.26. The number of benzene rings is 1. The van der Waals surface area contributed by atoms with E-state index >= 15 is 0 Å². The third kappa shape index (κ3) is 1.83. The Labute approximate surface area is 86.5 Å². The van der Waals surface area contributed by atoms with Crippen molar-refractivity contribution in [1.29, 1.82) is 5.26 Å². The van der Waals surface area contributed by atoms with Crippen LogP contribution in [0.2, 0.25) is 0 Å². The molecule has 1 fully saturated rings. The summed E-state index contributed by atoms with van der Waals surface area (Å²) >= 11 is 0. The average Bonchev–Trinajstić information content (AvgIpc) is 2.69. The molecule has 15 heavy (non-hydrogen) atoms. The molecule has 1 aliphatic rings. The number of nitrogens with one attached hydrogen (secondary N) is 1. The molecule has 1 heterocycles. The molecular weight excluding hydrogens is 198 g/mol. The minimum Gasteiger partial charge on any atom is -0.310 e. The van der Waals surface area contributed by atoms with Crippen molar-refractivity contribution in [1.82, 2.24) is 5.32 Å². The van der Waals surface area contributed by atoms with Gasteiger partial charge in [0.15, 0.2) is 0 Å². The Kier molecular flexibility index (Phi) is 2.65. The van der Waals surface area contributed by atoms with Crippen LogP contribution in [0.4, 0.5) is 8.78 Å². The van der Waals surface area contributed by atoms with Gasteiger partial charge in [-0.1, -0.05) is 0 Å². The molecular formula is C11H10F2N2. The van der Waals surface area contributed by atoms with Crippen LogP contribution >= 0.6 is 0 Å². The number of rotatable bonds is 1. The summed E-state index contributed by atoms with van der Waals surface area (Å²) in [6.45, 7) is 0.869. The maximum atomic E-state index is 13.3. The molecule has 1 saturated heterocycles. The van der Waals surface area contributed by atoms with E-state index in [9.17, 15) is 8.78 Å². The SMILES string of the molecule is N#Cc1c(F)cc([C@@H]2CCCN2)cc1F. The minimum absolute atomic E-state index is 0.0155. The van der Waals surface area contributed by atoms with E-state index in [2.05, 4.69) is 5.32 Å². The predicted molar refractivity (Wildman–Crippen MR) is 51.1 cm³/mol. The molecule has 2 nitrogen and oxygen atoms in total. The van der Waals surface area contributed by atoms with Crippen molar-refractivity contribution in [2.75, 3.05) is 6.54 Å². The van der Waals surface area contributed by atoms with E-state index < -0.39 is 17.2 Å². The van der Waals surface area contributed by atoms with Crippen molar-refractivity contribution in [2.45, 2.75) is 18.9 Å². The molecule has 0 radical (unpaired) electrons. The zero-order chi connectivity index (χ0) is 10.8. The van der Waals surface area contributed by atoms with E-state index in [4.69, 9.17) is 5.26 Å². The van der Waals surface area contributed by atoms with E-state index in [1.807, 2.05) is 0 Å². The van der Waals surface area contributed by atoms with Crippen LogP contribution in [0.15, 0.2) is 12.1 Å². The summed E-state index contributed by atoms with van der Waals surface area (Å²) in [6.07, 6.45) is 1.89. The minimum atomic E-state index is -0.777. The maximum absolute atomic E-state index is 13.3. The summed E-state index contributed by atoms with van der Waals surface area (Å²) in [5.41, 5.74) is 0.0817. The fraction of sp³-hybridized carbons (Fsp3) is 0.364. The molecule has 0 bridgehead atoms. The van der Waals surface area contributed by atoms with Gasteiger partial charge in [0, 0.05) is 6.04 Å². The first-order chi connectivity index (χ1) is 7.22. The standard InChI is InChI=1S/C11H10F2N2/c12-9-4-7(11-2-1-3-15-11)5-10(13)8(9)6-14/h4-5,11,15H,1-3H2/t11-/m0/s1. The van der Waals surface area contributed by atoms with Crippen LogP contribution in [0, 0.1) is 23.0 Å². The Morgan fingerprint density at radius 2 is 2.00 bits per heavy atom. The lowest BCUT2D eigenvalue weighted by atomic mass is 10.0. The van der Waals surface area contributed by atoms with Gasteiger partial charge in [-0.3, -0.25) is 0 Å². The first-order valence-corrected chi connectivity index (χ1v) is 4.85. The topological polar surface area (TPSA) is 35.8 Å². The Morgan fingerprint density at radius 1 is 1.33 bits per heavy atom. The first-order valence-electron chi connectivity index (χ1n) is 4.85. The molecule has 0 aromatic heterocycles. The number of hydrogen-bond donors (Lipinski definition) is 1. The van der Waals surface area contributed by atoms with E-state index in [0.29, 0.717) is 5.56 Å². The average molecular weight is 208 g/mol. The van der Waals surface area contributed by atoms with E-state index in [-0.39, 0.29) is 6.04 Å². The van der Waals surface area contributed by atoms with Gasteiger partial charge in [0.1, 0.15) is 23.3 Å². The maximum Gasteiger partial charge on any atom is 0.144 e. The molecule has 0 spiro atoms. The molecule has 0 aliphatic carbocycles. The highest BCUT2D eigenvalue weighted by Crippen LogP contribution is 2.25. The highest BCUT2D eigenvalue weighted by Gasteiger charge is 2.19. The summed E-state index contributed by atoms with van der Waals surface area (Å²) in [4.78, 5) is 0. The molecule has 0 unspecified atom stereocenters. The van der Waals surface area contributed by atoms with Crippen LogP contribution in [0.3, 0.4) is 0 Å². The van der Waals surface area contributed by atoms with Gasteiger partial charge in [0.25, 0.3) is 0 Å². The second-order valence-electron chi connectivity index (χ2n) is 3.62. The van der Waals surface area contributed by atoms with Crippen LogP contribution in [-0.2, 0) is 0 Å². The fourth-order valence-corrected chi connectivity index (χ4v) is 1.87. The molecule has 1 aromatic rings. The number of nitrogens with zero attached hydrogens (tertiary/aromatic N) is 1. The Morgan fingerprint density at radius 3 is 2.47 bits per heavy atom. The lowest BCUT2D eigenvalue weighted by molar-refractivity contribution is 0.560. The van der Waals surface area contributed by atoms with Crippen LogP contribution in [0.5, 0.6) is 0 Å². The van der Waals surface area contributed by atoms with Gasteiger partial charge in [0.05, 0.1) is 0 Å². The van der Waals surface area contributed by atoms with Crippen molar-refractivity contribution in [3.05, 3.63) is 34.9 Å². The quantitative estimate of drug-likeness (QED) is 0.768. The first kappa shape index (κ1) is 10.1. The molecule has 4 heteroatoms. The lowest BCUT2D eigenvalue weighted by Gasteiger charge is -2.11. The zero-order valence-corrected chi connectivity index (χ0v) is 8.06. The highest BCUT2D eigenvalue weighted by atomic mass is 19.1. The van der Waals surface area contributed by atoms with Crippen LogP contribution < -0.4 is 5.32 Å². The van der Waals surface area contributed by atoms with E-state index in [0.717, 1.165) is 19.4 Å². The van der Waals surface area contributed by atoms with Gasteiger partial charge >= 0.3 is 0 Å². The Balaban J connectivity index is 2.39. The second kappa shape index (κ2) is 3.95. The zero-order valence-electron chi connectivity index (χ0n) is 8.06. The normalized spacial score (nSPS) is 20.2. The second-order valence-corrected chi connectivity index (χ2v) is 3.62. The summed E-state index contributed by atoms with van der Waals surface area (Å²) in [7, 11) is 0. The summed E-state index contributed by atoms with van der Waals surface area (Å²) in [5.74, 6) is -1.55. The van der Waals surface area contributed by atoms with Crippen LogP contribution in [-0.4, -0.2) is 6.54 Å². The van der Waals surface area contributed by atoms with Gasteiger partial charge in [-0.2, -0.15) is 5.26 Å². The molecule has 1 aliphatic heterocycles. The molecule has 1 aromatic carbocycles. The number of halogens is 2. The van der Waals surface area contributed by atoms with Crippen LogP contribution in [0.25, 0.3) is 0 Å². The Bertz CT molecular complexity index is 394.